The molecular weight excluding hydrogens is 328 g/mol. The fourth-order valence-electron chi connectivity index (χ4n) is 1.21. The lowest BCUT2D eigenvalue weighted by Gasteiger charge is -2.13. The molecule has 14 heavy (non-hydrogen) atoms. The monoisotopic (exact) mass is 336 g/mol. The Balaban J connectivity index is 3.23. The fraction of sp³-hybridized carbons (Fsp3) is 0.300. The van der Waals surface area contributed by atoms with Crippen molar-refractivity contribution in [1.82, 2.24) is 0 Å². The minimum Gasteiger partial charge on any atom is -0.298 e. The summed E-state index contributed by atoms with van der Waals surface area (Å²) in [7, 11) is 0. The van der Waals surface area contributed by atoms with E-state index in [4.69, 9.17) is 0 Å². The molecule has 0 fully saturated rings. The number of hydrogen-bond acceptors (Lipinski definition) is 2. The average molecular weight is 338 g/mol. The van der Waals surface area contributed by atoms with Gasteiger partial charge in [0.2, 0.25) is 0 Å². The van der Waals surface area contributed by atoms with Crippen LogP contribution in [-0.2, 0) is 10.1 Å². The maximum Gasteiger partial charge on any atom is 0.147 e. The van der Waals surface area contributed by atoms with E-state index in [0.29, 0.717) is 0 Å². The summed E-state index contributed by atoms with van der Waals surface area (Å²) in [5.41, 5.74) is 2.05. The second kappa shape index (κ2) is 5.33. The van der Waals surface area contributed by atoms with Crippen molar-refractivity contribution in [2.24, 2.45) is 0 Å². The third-order valence-corrected chi connectivity index (χ3v) is 4.02. The van der Waals surface area contributed by atoms with Crippen LogP contribution in [0, 0.1) is 0 Å². The van der Waals surface area contributed by atoms with Crippen molar-refractivity contribution in [2.45, 2.75) is 22.0 Å². The quantitative estimate of drug-likeness (QED) is 0.654. The molecule has 1 atom stereocenters. The molecule has 0 heterocycles. The summed E-state index contributed by atoms with van der Waals surface area (Å²) in [6.45, 7) is 1.57. The van der Waals surface area contributed by atoms with Crippen molar-refractivity contribution in [1.29, 1.82) is 0 Å². The SMILES string of the molecule is CC(=O)C(Br)c1c(S)cccc1CBr. The van der Waals surface area contributed by atoms with Crippen molar-refractivity contribution < 1.29 is 4.79 Å². The van der Waals surface area contributed by atoms with Gasteiger partial charge in [-0.25, -0.2) is 0 Å². The van der Waals surface area contributed by atoms with Crippen LogP contribution in [0.15, 0.2) is 23.1 Å². The summed E-state index contributed by atoms with van der Waals surface area (Å²) < 4.78 is 0. The van der Waals surface area contributed by atoms with Crippen molar-refractivity contribution in [2.75, 3.05) is 0 Å². The van der Waals surface area contributed by atoms with Gasteiger partial charge < -0.3 is 0 Å². The molecule has 1 unspecified atom stereocenters. The lowest BCUT2D eigenvalue weighted by atomic mass is 10.0. The highest BCUT2D eigenvalue weighted by atomic mass is 79.9. The molecule has 0 aliphatic heterocycles. The van der Waals surface area contributed by atoms with E-state index in [0.717, 1.165) is 21.4 Å². The van der Waals surface area contributed by atoms with E-state index in [2.05, 4.69) is 44.5 Å². The Hall–Kier alpha value is 0.200. The number of carbonyl (C=O) groups excluding carboxylic acids is 1. The third-order valence-electron chi connectivity index (χ3n) is 1.93. The second-order valence-corrected chi connectivity index (χ2v) is 4.91. The van der Waals surface area contributed by atoms with Crippen LogP contribution in [0.1, 0.15) is 22.9 Å². The Bertz CT molecular complexity index is 352. The van der Waals surface area contributed by atoms with Crippen LogP contribution in [0.3, 0.4) is 0 Å². The predicted molar refractivity (Wildman–Crippen MR) is 68.7 cm³/mol. The molecule has 0 aromatic heterocycles. The van der Waals surface area contributed by atoms with Gasteiger partial charge in [-0.3, -0.25) is 4.79 Å². The van der Waals surface area contributed by atoms with Crippen LogP contribution in [0.5, 0.6) is 0 Å². The van der Waals surface area contributed by atoms with E-state index in [1.807, 2.05) is 18.2 Å². The summed E-state index contributed by atoms with van der Waals surface area (Å²) in [6, 6.07) is 5.81. The second-order valence-electron chi connectivity index (χ2n) is 2.96. The predicted octanol–water partition coefficient (Wildman–Crippen LogP) is 3.90. The molecular formula is C10H10Br2OS. The number of Topliss-reactive ketones (excluding diaryl/α,β-unsaturated/α-hetero) is 1. The number of thiol groups is 1. The van der Waals surface area contributed by atoms with Crippen molar-refractivity contribution in [3.63, 3.8) is 0 Å². The highest BCUT2D eigenvalue weighted by Crippen LogP contribution is 2.33. The van der Waals surface area contributed by atoms with Crippen molar-refractivity contribution >= 4 is 50.3 Å². The van der Waals surface area contributed by atoms with E-state index in [9.17, 15) is 4.79 Å². The third kappa shape index (κ3) is 2.61. The molecule has 0 spiro atoms. The molecule has 76 valence electrons. The molecule has 4 heteroatoms. The van der Waals surface area contributed by atoms with Gasteiger partial charge in [-0.2, -0.15) is 0 Å². The van der Waals surface area contributed by atoms with Gasteiger partial charge in [-0.15, -0.1) is 12.6 Å². The zero-order chi connectivity index (χ0) is 10.7. The van der Waals surface area contributed by atoms with E-state index < -0.39 is 0 Å². The van der Waals surface area contributed by atoms with Gasteiger partial charge in [0.15, 0.2) is 0 Å². The Kier molecular flexibility index (Phi) is 4.67. The first kappa shape index (κ1) is 12.3. The van der Waals surface area contributed by atoms with Gasteiger partial charge >= 0.3 is 0 Å². The zero-order valence-electron chi connectivity index (χ0n) is 7.63. The average Bonchev–Trinajstić information content (AvgIpc) is 2.16. The molecule has 1 rings (SSSR count). The molecule has 0 bridgehead atoms. The number of hydrogen-bond donors (Lipinski definition) is 1. The minimum absolute atomic E-state index is 0.0914. The Morgan fingerprint density at radius 3 is 2.71 bits per heavy atom. The Labute approximate surface area is 106 Å². The molecule has 0 saturated carbocycles. The Morgan fingerprint density at radius 1 is 1.57 bits per heavy atom. The van der Waals surface area contributed by atoms with Gasteiger partial charge in [0.1, 0.15) is 5.78 Å². The van der Waals surface area contributed by atoms with Gasteiger partial charge in [-0.05, 0) is 24.1 Å². The van der Waals surface area contributed by atoms with Gasteiger partial charge in [0.25, 0.3) is 0 Å². The standard InChI is InChI=1S/C10H10Br2OS/c1-6(13)10(12)9-7(5-11)3-2-4-8(9)14/h2-4,10,14H,5H2,1H3. The van der Waals surface area contributed by atoms with Crippen LogP contribution in [0.2, 0.25) is 0 Å². The maximum absolute atomic E-state index is 11.3. The number of halogens is 2. The smallest absolute Gasteiger partial charge is 0.147 e. The molecule has 0 aliphatic rings. The minimum atomic E-state index is -0.260. The lowest BCUT2D eigenvalue weighted by Crippen LogP contribution is -2.05. The number of rotatable bonds is 3. The summed E-state index contributed by atoms with van der Waals surface area (Å²) >= 11 is 11.1. The summed E-state index contributed by atoms with van der Waals surface area (Å²) in [4.78, 5) is 11.9. The summed E-state index contributed by atoms with van der Waals surface area (Å²) in [6.07, 6.45) is 0. The van der Waals surface area contributed by atoms with Gasteiger partial charge in [-0.1, -0.05) is 44.0 Å². The van der Waals surface area contributed by atoms with E-state index >= 15 is 0 Å². The number of benzene rings is 1. The highest BCUT2D eigenvalue weighted by molar-refractivity contribution is 9.09. The number of alkyl halides is 2. The summed E-state index contributed by atoms with van der Waals surface area (Å²) in [5, 5.41) is 0.728. The topological polar surface area (TPSA) is 17.1 Å². The van der Waals surface area contributed by atoms with Crippen LogP contribution in [0.4, 0.5) is 0 Å². The van der Waals surface area contributed by atoms with Crippen LogP contribution < -0.4 is 0 Å². The van der Waals surface area contributed by atoms with Crippen LogP contribution >= 0.6 is 44.5 Å². The Morgan fingerprint density at radius 2 is 2.21 bits per heavy atom. The molecule has 0 amide bonds. The first-order valence-corrected chi connectivity index (χ1v) is 6.57. The van der Waals surface area contributed by atoms with Gasteiger partial charge in [0.05, 0.1) is 4.83 Å². The largest absolute Gasteiger partial charge is 0.298 e. The van der Waals surface area contributed by atoms with E-state index in [1.165, 1.54) is 0 Å². The maximum atomic E-state index is 11.3. The normalized spacial score (nSPS) is 12.6. The van der Waals surface area contributed by atoms with E-state index in [1.54, 1.807) is 6.92 Å². The molecule has 1 aromatic rings. The lowest BCUT2D eigenvalue weighted by molar-refractivity contribution is -0.116. The van der Waals surface area contributed by atoms with E-state index in [-0.39, 0.29) is 10.6 Å². The van der Waals surface area contributed by atoms with Crippen molar-refractivity contribution in [3.05, 3.63) is 29.3 Å². The molecule has 0 radical (unpaired) electrons. The molecule has 0 saturated heterocycles. The molecule has 0 N–H and O–H groups in total. The highest BCUT2D eigenvalue weighted by Gasteiger charge is 2.18. The zero-order valence-corrected chi connectivity index (χ0v) is 11.7. The molecule has 0 aliphatic carbocycles. The number of carbonyl (C=O) groups is 1. The van der Waals surface area contributed by atoms with Crippen molar-refractivity contribution in [3.8, 4) is 0 Å². The first-order valence-electron chi connectivity index (χ1n) is 4.09. The summed E-state index contributed by atoms with van der Waals surface area (Å²) in [5.74, 6) is 0.0914. The van der Waals surface area contributed by atoms with Crippen LogP contribution in [-0.4, -0.2) is 5.78 Å². The molecule has 1 nitrogen and oxygen atoms in total. The van der Waals surface area contributed by atoms with Gasteiger partial charge in [0, 0.05) is 10.2 Å². The number of ketones is 1. The molecule has 1 aromatic carbocycles. The fourth-order valence-corrected chi connectivity index (χ4v) is 2.78. The van der Waals surface area contributed by atoms with Crippen LogP contribution in [0.25, 0.3) is 0 Å². The first-order chi connectivity index (χ1) is 6.57.